The molecule has 0 saturated heterocycles. The van der Waals surface area contributed by atoms with Crippen molar-refractivity contribution >= 4 is 23.2 Å². The molecule has 0 radical (unpaired) electrons. The first-order valence-corrected chi connectivity index (χ1v) is 10.4. The Kier molecular flexibility index (Phi) is 5.37. The smallest absolute Gasteiger partial charge is 0.348 e. The summed E-state index contributed by atoms with van der Waals surface area (Å²) in [6, 6.07) is 14.6. The van der Waals surface area contributed by atoms with E-state index in [0.29, 0.717) is 35.1 Å². The van der Waals surface area contributed by atoms with Crippen molar-refractivity contribution in [2.75, 3.05) is 24.9 Å². The fourth-order valence-corrected chi connectivity index (χ4v) is 4.03. The molecule has 0 saturated carbocycles. The number of nitrogens with zero attached hydrogens (tertiary/aromatic N) is 2. The molecule has 172 valence electrons. The number of aromatic nitrogens is 2. The van der Waals surface area contributed by atoms with Gasteiger partial charge < -0.3 is 20.1 Å². The minimum Gasteiger partial charge on any atom is -0.493 e. The van der Waals surface area contributed by atoms with Crippen LogP contribution in [0.25, 0.3) is 11.3 Å². The number of carbonyl (C=O) groups excluding carboxylic acids is 1. The van der Waals surface area contributed by atoms with E-state index in [2.05, 4.69) is 15.7 Å². The zero-order chi connectivity index (χ0) is 23.8. The highest BCUT2D eigenvalue weighted by Gasteiger charge is 2.31. The molecule has 1 aliphatic rings. The van der Waals surface area contributed by atoms with Crippen molar-refractivity contribution in [1.82, 2.24) is 9.78 Å². The van der Waals surface area contributed by atoms with Crippen LogP contribution in [-0.2, 0) is 6.42 Å². The van der Waals surface area contributed by atoms with E-state index < -0.39 is 17.7 Å². The molecule has 1 amide bonds. The largest absolute Gasteiger partial charge is 0.493 e. The van der Waals surface area contributed by atoms with Gasteiger partial charge in [-0.15, -0.1) is 0 Å². The van der Waals surface area contributed by atoms with Gasteiger partial charge in [0, 0.05) is 28.9 Å². The molecule has 2 N–H and O–H groups in total. The molecule has 0 atom stereocenters. The molecule has 1 aromatic heterocycles. The lowest BCUT2D eigenvalue weighted by Gasteiger charge is -2.13. The van der Waals surface area contributed by atoms with Crippen LogP contribution in [0.4, 0.5) is 30.8 Å². The molecule has 0 fully saturated rings. The maximum atomic E-state index is 13.8. The maximum Gasteiger partial charge on any atom is 0.348 e. The summed E-state index contributed by atoms with van der Waals surface area (Å²) in [6.45, 7) is 0. The van der Waals surface area contributed by atoms with Gasteiger partial charge in [0.05, 0.1) is 19.9 Å². The fraction of sp³-hybridized carbons (Fsp3) is 0.120. The molecule has 3 aromatic carbocycles. The molecule has 0 unspecified atom stereocenters. The average Bonchev–Trinajstić information content (AvgIpc) is 3.34. The third kappa shape index (κ3) is 3.81. The van der Waals surface area contributed by atoms with E-state index in [9.17, 15) is 13.6 Å². The highest BCUT2D eigenvalue weighted by atomic mass is 19.1. The summed E-state index contributed by atoms with van der Waals surface area (Å²) in [5.41, 5.74) is 3.83. The molecule has 5 rings (SSSR count). The van der Waals surface area contributed by atoms with Crippen LogP contribution >= 0.6 is 0 Å². The monoisotopic (exact) mass is 462 g/mol. The number of nitrogens with one attached hydrogen (secondary N) is 2. The molecule has 1 heterocycles. The topological polar surface area (TPSA) is 77.4 Å². The van der Waals surface area contributed by atoms with Gasteiger partial charge in [0.1, 0.15) is 17.5 Å². The number of hydrogen-bond acceptors (Lipinski definition) is 5. The van der Waals surface area contributed by atoms with Gasteiger partial charge in [-0.3, -0.25) is 0 Å². The van der Waals surface area contributed by atoms with E-state index in [1.165, 1.54) is 35.0 Å². The summed E-state index contributed by atoms with van der Waals surface area (Å²) in [7, 11) is 3.11. The number of ether oxygens (including phenoxy) is 2. The first-order chi connectivity index (χ1) is 16.5. The van der Waals surface area contributed by atoms with E-state index in [1.54, 1.807) is 32.4 Å². The number of carbonyl (C=O) groups is 1. The number of hydrogen-bond donors (Lipinski definition) is 2. The van der Waals surface area contributed by atoms with E-state index in [4.69, 9.17) is 9.47 Å². The minimum atomic E-state index is -0.596. The molecule has 34 heavy (non-hydrogen) atoms. The van der Waals surface area contributed by atoms with Crippen LogP contribution in [0, 0.1) is 11.6 Å². The fourth-order valence-electron chi connectivity index (χ4n) is 4.03. The molecule has 4 aromatic rings. The van der Waals surface area contributed by atoms with Crippen LogP contribution in [-0.4, -0.2) is 30.0 Å². The third-order valence-corrected chi connectivity index (χ3v) is 5.57. The normalized spacial score (nSPS) is 11.5. The summed E-state index contributed by atoms with van der Waals surface area (Å²) in [4.78, 5) is 13.2. The number of anilines is 3. The quantitative estimate of drug-likeness (QED) is 0.357. The highest BCUT2D eigenvalue weighted by Crippen LogP contribution is 2.45. The Morgan fingerprint density at radius 3 is 2.26 bits per heavy atom. The van der Waals surface area contributed by atoms with Gasteiger partial charge in [-0.25, -0.2) is 13.6 Å². The summed E-state index contributed by atoms with van der Waals surface area (Å²) in [5, 5.41) is 10.3. The predicted molar refractivity (Wildman–Crippen MR) is 124 cm³/mol. The molecular weight excluding hydrogens is 442 g/mol. The predicted octanol–water partition coefficient (Wildman–Crippen LogP) is 5.57. The molecular formula is C25H20F2N4O3. The van der Waals surface area contributed by atoms with Gasteiger partial charge in [0.2, 0.25) is 0 Å². The Hall–Kier alpha value is -4.40. The lowest BCUT2D eigenvalue weighted by Crippen LogP contribution is -2.22. The second kappa shape index (κ2) is 8.51. The van der Waals surface area contributed by atoms with Gasteiger partial charge in [-0.05, 0) is 54.1 Å². The van der Waals surface area contributed by atoms with Crippen LogP contribution < -0.4 is 20.1 Å². The van der Waals surface area contributed by atoms with E-state index >= 15 is 0 Å². The standard InChI is InChI=1S/C25H20F2N4O3/c1-33-21-10-14-9-20-23(19(14)13-22(21)34-2)30-31(24(20)28-17-7-3-5-15(26)11-17)25(32)29-18-8-4-6-16(27)12-18/h3-8,10-13,28H,9H2,1-2H3,(H,29,32). The average molecular weight is 462 g/mol. The van der Waals surface area contributed by atoms with Gasteiger partial charge >= 0.3 is 6.03 Å². The van der Waals surface area contributed by atoms with Crippen LogP contribution in [0.1, 0.15) is 11.1 Å². The van der Waals surface area contributed by atoms with E-state index in [1.807, 2.05) is 12.1 Å². The highest BCUT2D eigenvalue weighted by molar-refractivity contribution is 5.95. The van der Waals surface area contributed by atoms with Crippen LogP contribution in [0.15, 0.2) is 60.7 Å². The molecule has 0 bridgehead atoms. The Labute approximate surface area is 193 Å². The molecule has 9 heteroatoms. The molecule has 1 aliphatic carbocycles. The Balaban J connectivity index is 1.60. The zero-order valence-electron chi connectivity index (χ0n) is 18.4. The van der Waals surface area contributed by atoms with Gasteiger partial charge in [-0.2, -0.15) is 9.78 Å². The number of halogens is 2. The van der Waals surface area contributed by atoms with Gasteiger partial charge in [0.15, 0.2) is 11.5 Å². The molecule has 7 nitrogen and oxygen atoms in total. The summed E-state index contributed by atoms with van der Waals surface area (Å²) in [6.07, 6.45) is 0.468. The minimum absolute atomic E-state index is 0.282. The van der Waals surface area contributed by atoms with E-state index in [0.717, 1.165) is 16.7 Å². The van der Waals surface area contributed by atoms with Crippen molar-refractivity contribution < 1.29 is 23.0 Å². The second-order valence-electron chi connectivity index (χ2n) is 7.70. The van der Waals surface area contributed by atoms with E-state index in [-0.39, 0.29) is 5.69 Å². The lowest BCUT2D eigenvalue weighted by molar-refractivity contribution is 0.251. The number of fused-ring (bicyclic) bond motifs is 3. The lowest BCUT2D eigenvalue weighted by atomic mass is 10.1. The summed E-state index contributed by atoms with van der Waals surface area (Å²) >= 11 is 0. The molecule has 0 spiro atoms. The summed E-state index contributed by atoms with van der Waals surface area (Å²) in [5.74, 6) is 0.599. The van der Waals surface area contributed by atoms with Crippen molar-refractivity contribution in [2.24, 2.45) is 0 Å². The number of amides is 1. The van der Waals surface area contributed by atoms with Gasteiger partial charge in [-0.1, -0.05) is 12.1 Å². The van der Waals surface area contributed by atoms with Crippen LogP contribution in [0.3, 0.4) is 0 Å². The first kappa shape index (κ1) is 21.4. The van der Waals surface area contributed by atoms with Crippen LogP contribution in [0.5, 0.6) is 11.5 Å². The Morgan fingerprint density at radius 2 is 1.59 bits per heavy atom. The Morgan fingerprint density at radius 1 is 0.941 bits per heavy atom. The van der Waals surface area contributed by atoms with Crippen molar-refractivity contribution in [2.45, 2.75) is 6.42 Å². The van der Waals surface area contributed by atoms with Crippen molar-refractivity contribution in [3.05, 3.63) is 83.4 Å². The Bertz CT molecular complexity index is 1420. The third-order valence-electron chi connectivity index (χ3n) is 5.57. The number of benzene rings is 3. The number of methoxy groups -OCH3 is 2. The first-order valence-electron chi connectivity index (χ1n) is 10.4. The number of rotatable bonds is 5. The molecule has 0 aliphatic heterocycles. The second-order valence-corrected chi connectivity index (χ2v) is 7.70. The van der Waals surface area contributed by atoms with Crippen molar-refractivity contribution in [3.63, 3.8) is 0 Å². The maximum absolute atomic E-state index is 13.8. The zero-order valence-corrected chi connectivity index (χ0v) is 18.4. The van der Waals surface area contributed by atoms with Crippen molar-refractivity contribution in [3.8, 4) is 22.8 Å². The van der Waals surface area contributed by atoms with Crippen LogP contribution in [0.2, 0.25) is 0 Å². The SMILES string of the molecule is COc1cc2c(cc1OC)-c1nn(C(=O)Nc3cccc(F)c3)c(Nc3cccc(F)c3)c1C2. The van der Waals surface area contributed by atoms with Crippen molar-refractivity contribution in [1.29, 1.82) is 0 Å². The van der Waals surface area contributed by atoms with Gasteiger partial charge in [0.25, 0.3) is 0 Å². The summed E-state index contributed by atoms with van der Waals surface area (Å²) < 4.78 is 39.4.